The largest absolute Gasteiger partial charge is 0.320 e. The summed E-state index contributed by atoms with van der Waals surface area (Å²) in [4.78, 5) is 15.5. The number of hydrogen-bond donors (Lipinski definition) is 2. The zero-order valence-electron chi connectivity index (χ0n) is 8.94. The molecule has 0 saturated carbocycles. The lowest BCUT2D eigenvalue weighted by Gasteiger charge is -2.10. The molecule has 0 aliphatic carbocycles. The lowest BCUT2D eigenvalue weighted by atomic mass is 10.2. The standard InChI is InChI=1S/C10H14ClN3OS/c1-16-6-5-7(12)10(15)14-9-4-2-3-8(11)13-9/h2-4,7H,5-6,12H2,1H3,(H,13,14,15)/t7-/m1/s1. The molecule has 1 rings (SSSR count). The average molecular weight is 260 g/mol. The lowest BCUT2D eigenvalue weighted by molar-refractivity contribution is -0.117. The van der Waals surface area contributed by atoms with Crippen molar-refractivity contribution in [3.63, 3.8) is 0 Å². The van der Waals surface area contributed by atoms with Crippen LogP contribution in [0.15, 0.2) is 18.2 Å². The van der Waals surface area contributed by atoms with Crippen LogP contribution in [0.5, 0.6) is 0 Å². The summed E-state index contributed by atoms with van der Waals surface area (Å²) in [5, 5.41) is 2.97. The molecule has 0 saturated heterocycles. The van der Waals surface area contributed by atoms with Gasteiger partial charge in [0.15, 0.2) is 0 Å². The molecule has 4 nitrogen and oxygen atoms in total. The molecule has 1 atom stereocenters. The zero-order valence-corrected chi connectivity index (χ0v) is 10.5. The van der Waals surface area contributed by atoms with E-state index in [1.165, 1.54) is 0 Å². The Kier molecular flexibility index (Phi) is 5.59. The molecule has 88 valence electrons. The molecule has 0 radical (unpaired) electrons. The normalized spacial score (nSPS) is 12.2. The van der Waals surface area contributed by atoms with Gasteiger partial charge < -0.3 is 11.1 Å². The number of anilines is 1. The van der Waals surface area contributed by atoms with Crippen LogP contribution in [0.25, 0.3) is 0 Å². The Morgan fingerprint density at radius 1 is 1.69 bits per heavy atom. The van der Waals surface area contributed by atoms with Gasteiger partial charge >= 0.3 is 0 Å². The number of aromatic nitrogens is 1. The minimum absolute atomic E-state index is 0.233. The molecule has 0 unspecified atom stereocenters. The highest BCUT2D eigenvalue weighted by molar-refractivity contribution is 7.98. The Balaban J connectivity index is 2.50. The van der Waals surface area contributed by atoms with Crippen LogP contribution < -0.4 is 11.1 Å². The minimum Gasteiger partial charge on any atom is -0.320 e. The van der Waals surface area contributed by atoms with Crippen LogP contribution in [0, 0.1) is 0 Å². The van der Waals surface area contributed by atoms with E-state index >= 15 is 0 Å². The fraction of sp³-hybridized carbons (Fsp3) is 0.400. The summed E-state index contributed by atoms with van der Waals surface area (Å²) in [7, 11) is 0. The average Bonchev–Trinajstić information content (AvgIpc) is 2.25. The molecule has 6 heteroatoms. The molecule has 0 bridgehead atoms. The van der Waals surface area contributed by atoms with Crippen LogP contribution in [0.3, 0.4) is 0 Å². The number of carbonyl (C=O) groups is 1. The van der Waals surface area contributed by atoms with Crippen LogP contribution in [0.1, 0.15) is 6.42 Å². The highest BCUT2D eigenvalue weighted by atomic mass is 35.5. The smallest absolute Gasteiger partial charge is 0.242 e. The maximum absolute atomic E-state index is 11.6. The molecule has 3 N–H and O–H groups in total. The fourth-order valence-corrected chi connectivity index (χ4v) is 1.73. The maximum Gasteiger partial charge on any atom is 0.242 e. The Labute approximate surface area is 104 Å². The lowest BCUT2D eigenvalue weighted by Crippen LogP contribution is -2.36. The first-order chi connectivity index (χ1) is 7.63. The van der Waals surface area contributed by atoms with Gasteiger partial charge in [-0.1, -0.05) is 17.7 Å². The third-order valence-corrected chi connectivity index (χ3v) is 2.79. The van der Waals surface area contributed by atoms with Crippen molar-refractivity contribution in [2.24, 2.45) is 5.73 Å². The molecule has 0 aliphatic heterocycles. The van der Waals surface area contributed by atoms with Gasteiger partial charge in [-0.3, -0.25) is 4.79 Å². The third kappa shape index (κ3) is 4.38. The number of rotatable bonds is 5. The van der Waals surface area contributed by atoms with Crippen LogP contribution in [-0.4, -0.2) is 28.9 Å². The highest BCUT2D eigenvalue weighted by Crippen LogP contribution is 2.09. The number of amides is 1. The predicted octanol–water partition coefficient (Wildman–Crippen LogP) is 1.75. The molecule has 1 aromatic rings. The molecule has 0 spiro atoms. The zero-order chi connectivity index (χ0) is 12.0. The number of nitrogens with two attached hydrogens (primary N) is 1. The molecular weight excluding hydrogens is 246 g/mol. The predicted molar refractivity (Wildman–Crippen MR) is 68.9 cm³/mol. The number of carbonyl (C=O) groups excluding carboxylic acids is 1. The van der Waals surface area contributed by atoms with Gasteiger partial charge in [0.2, 0.25) is 5.91 Å². The first-order valence-electron chi connectivity index (χ1n) is 4.81. The van der Waals surface area contributed by atoms with E-state index < -0.39 is 6.04 Å². The highest BCUT2D eigenvalue weighted by Gasteiger charge is 2.13. The van der Waals surface area contributed by atoms with Crippen molar-refractivity contribution in [3.05, 3.63) is 23.4 Å². The van der Waals surface area contributed by atoms with Crippen LogP contribution in [0.4, 0.5) is 5.82 Å². The second-order valence-electron chi connectivity index (χ2n) is 3.22. The molecule has 0 aromatic carbocycles. The van der Waals surface area contributed by atoms with Gasteiger partial charge in [0.05, 0.1) is 6.04 Å². The topological polar surface area (TPSA) is 68.0 Å². The molecule has 0 fully saturated rings. The van der Waals surface area contributed by atoms with Gasteiger partial charge in [0.1, 0.15) is 11.0 Å². The van der Waals surface area contributed by atoms with Crippen LogP contribution in [0.2, 0.25) is 5.15 Å². The summed E-state index contributed by atoms with van der Waals surface area (Å²) >= 11 is 7.35. The minimum atomic E-state index is -0.506. The second-order valence-corrected chi connectivity index (χ2v) is 4.60. The molecule has 1 aromatic heterocycles. The molecule has 1 heterocycles. The number of nitrogens with zero attached hydrogens (tertiary/aromatic N) is 1. The summed E-state index contributed by atoms with van der Waals surface area (Å²) in [5.74, 6) is 1.05. The summed E-state index contributed by atoms with van der Waals surface area (Å²) in [6.45, 7) is 0. The number of pyridine rings is 1. The van der Waals surface area contributed by atoms with Gasteiger partial charge in [-0.05, 0) is 30.6 Å². The van der Waals surface area contributed by atoms with Crippen molar-refractivity contribution in [1.29, 1.82) is 0 Å². The van der Waals surface area contributed by atoms with E-state index in [0.29, 0.717) is 17.4 Å². The van der Waals surface area contributed by atoms with E-state index in [1.807, 2.05) is 6.26 Å². The first-order valence-corrected chi connectivity index (χ1v) is 6.58. The van der Waals surface area contributed by atoms with Crippen LogP contribution >= 0.6 is 23.4 Å². The molecular formula is C10H14ClN3OS. The number of hydrogen-bond acceptors (Lipinski definition) is 4. The van der Waals surface area contributed by atoms with Crippen LogP contribution in [-0.2, 0) is 4.79 Å². The SMILES string of the molecule is CSCC[C@@H](N)C(=O)Nc1cccc(Cl)n1. The molecule has 1 amide bonds. The Morgan fingerprint density at radius 3 is 3.06 bits per heavy atom. The summed E-state index contributed by atoms with van der Waals surface area (Å²) in [6, 6.07) is 4.53. The van der Waals surface area contributed by atoms with Gasteiger partial charge in [-0.15, -0.1) is 0 Å². The first kappa shape index (κ1) is 13.3. The Hall–Kier alpha value is -0.780. The summed E-state index contributed by atoms with van der Waals surface area (Å²) in [5.41, 5.74) is 5.70. The van der Waals surface area contributed by atoms with Crippen molar-refractivity contribution >= 4 is 35.1 Å². The number of nitrogens with one attached hydrogen (secondary N) is 1. The van der Waals surface area contributed by atoms with Gasteiger partial charge in [0.25, 0.3) is 0 Å². The van der Waals surface area contributed by atoms with Crippen molar-refractivity contribution in [1.82, 2.24) is 4.98 Å². The molecule has 16 heavy (non-hydrogen) atoms. The van der Waals surface area contributed by atoms with Crippen molar-refractivity contribution < 1.29 is 4.79 Å². The van der Waals surface area contributed by atoms with E-state index in [2.05, 4.69) is 10.3 Å². The van der Waals surface area contributed by atoms with Crippen molar-refractivity contribution in [2.45, 2.75) is 12.5 Å². The number of halogens is 1. The summed E-state index contributed by atoms with van der Waals surface area (Å²) in [6.07, 6.45) is 2.62. The second kappa shape index (κ2) is 6.73. The van der Waals surface area contributed by atoms with E-state index in [0.717, 1.165) is 5.75 Å². The van der Waals surface area contributed by atoms with Crippen molar-refractivity contribution in [2.75, 3.05) is 17.3 Å². The van der Waals surface area contributed by atoms with Crippen molar-refractivity contribution in [3.8, 4) is 0 Å². The van der Waals surface area contributed by atoms with Gasteiger partial charge in [-0.2, -0.15) is 11.8 Å². The third-order valence-electron chi connectivity index (χ3n) is 1.94. The quantitative estimate of drug-likeness (QED) is 0.791. The number of thioether (sulfide) groups is 1. The van der Waals surface area contributed by atoms with Gasteiger partial charge in [0, 0.05) is 0 Å². The van der Waals surface area contributed by atoms with E-state index in [9.17, 15) is 4.79 Å². The summed E-state index contributed by atoms with van der Waals surface area (Å²) < 4.78 is 0. The van der Waals surface area contributed by atoms with E-state index in [1.54, 1.807) is 30.0 Å². The molecule has 0 aliphatic rings. The van der Waals surface area contributed by atoms with E-state index in [4.69, 9.17) is 17.3 Å². The fourth-order valence-electron chi connectivity index (χ4n) is 1.07. The monoisotopic (exact) mass is 259 g/mol. The Morgan fingerprint density at radius 2 is 2.44 bits per heavy atom. The maximum atomic E-state index is 11.6. The van der Waals surface area contributed by atoms with E-state index in [-0.39, 0.29) is 5.91 Å². The van der Waals surface area contributed by atoms with Gasteiger partial charge in [-0.25, -0.2) is 4.98 Å². The Bertz CT molecular complexity index is 362.